The lowest BCUT2D eigenvalue weighted by atomic mass is 9.97. The molecule has 1 nitrogen and oxygen atoms in total. The summed E-state index contributed by atoms with van der Waals surface area (Å²) in [5.41, 5.74) is 0.305. The number of nitrogens with one attached hydrogen (secondary N) is 1. The van der Waals surface area contributed by atoms with Crippen molar-refractivity contribution < 1.29 is 13.2 Å². The lowest BCUT2D eigenvalue weighted by molar-refractivity contribution is -0.137. The molecule has 0 saturated carbocycles. The van der Waals surface area contributed by atoms with E-state index in [4.69, 9.17) is 0 Å². The Bertz CT molecular complexity index is 336. The van der Waals surface area contributed by atoms with E-state index in [-0.39, 0.29) is 6.04 Å². The molecule has 0 unspecified atom stereocenters. The van der Waals surface area contributed by atoms with E-state index >= 15 is 0 Å². The highest BCUT2D eigenvalue weighted by Crippen LogP contribution is 2.30. The average Bonchev–Trinajstić information content (AvgIpc) is 2.29. The first-order chi connectivity index (χ1) is 7.57. The maximum absolute atomic E-state index is 12.3. The van der Waals surface area contributed by atoms with Crippen molar-refractivity contribution in [3.8, 4) is 0 Å². The largest absolute Gasteiger partial charge is 0.416 e. The normalized spacial score (nSPS) is 22.1. The summed E-state index contributed by atoms with van der Waals surface area (Å²) < 4.78 is 37.0. The van der Waals surface area contributed by atoms with Crippen LogP contribution in [0.2, 0.25) is 0 Å². The summed E-state index contributed by atoms with van der Waals surface area (Å²) in [7, 11) is 0. The van der Waals surface area contributed by atoms with Crippen LogP contribution in [0, 0.1) is 6.42 Å². The first-order valence-electron chi connectivity index (χ1n) is 5.31. The van der Waals surface area contributed by atoms with Crippen LogP contribution in [0.4, 0.5) is 13.2 Å². The molecule has 0 amide bonds. The highest BCUT2D eigenvalue weighted by molar-refractivity contribution is 5.28. The SMILES string of the molecule is FC(F)(F)c1ccc([C@@H]2[CH]CCCN2)cc1. The third-order valence-electron chi connectivity index (χ3n) is 2.74. The van der Waals surface area contributed by atoms with E-state index in [2.05, 4.69) is 11.7 Å². The van der Waals surface area contributed by atoms with Crippen LogP contribution in [-0.4, -0.2) is 6.54 Å². The molecule has 1 aliphatic rings. The molecule has 0 aromatic heterocycles. The lowest BCUT2D eigenvalue weighted by Crippen LogP contribution is -2.27. The van der Waals surface area contributed by atoms with Crippen molar-refractivity contribution in [3.63, 3.8) is 0 Å². The van der Waals surface area contributed by atoms with Gasteiger partial charge in [-0.2, -0.15) is 13.2 Å². The number of hydrogen-bond acceptors (Lipinski definition) is 1. The van der Waals surface area contributed by atoms with Gasteiger partial charge in [0, 0.05) is 6.04 Å². The second-order valence-electron chi connectivity index (χ2n) is 3.93. The molecule has 0 spiro atoms. The molecule has 1 fully saturated rings. The minimum atomic E-state index is -4.25. The van der Waals surface area contributed by atoms with Crippen molar-refractivity contribution in [2.75, 3.05) is 6.54 Å². The van der Waals surface area contributed by atoms with Gasteiger partial charge in [0.25, 0.3) is 0 Å². The van der Waals surface area contributed by atoms with Gasteiger partial charge in [0.1, 0.15) is 0 Å². The Balaban J connectivity index is 2.12. The summed E-state index contributed by atoms with van der Waals surface area (Å²) >= 11 is 0. The molecule has 1 heterocycles. The van der Waals surface area contributed by atoms with Crippen LogP contribution in [0.5, 0.6) is 0 Å². The number of rotatable bonds is 1. The van der Waals surface area contributed by atoms with E-state index in [9.17, 15) is 13.2 Å². The van der Waals surface area contributed by atoms with Gasteiger partial charge in [-0.25, -0.2) is 0 Å². The monoisotopic (exact) mass is 228 g/mol. The van der Waals surface area contributed by atoms with Crippen LogP contribution in [-0.2, 0) is 6.18 Å². The van der Waals surface area contributed by atoms with Gasteiger partial charge in [-0.05, 0) is 43.5 Å². The minimum Gasteiger partial charge on any atom is -0.310 e. The van der Waals surface area contributed by atoms with Crippen molar-refractivity contribution in [2.24, 2.45) is 0 Å². The number of benzene rings is 1. The molecule has 1 atom stereocenters. The zero-order chi connectivity index (χ0) is 11.6. The Kier molecular flexibility index (Phi) is 3.19. The molecule has 1 aliphatic heterocycles. The van der Waals surface area contributed by atoms with E-state index in [1.807, 2.05) is 0 Å². The molecule has 0 bridgehead atoms. The summed E-state index contributed by atoms with van der Waals surface area (Å²) in [5.74, 6) is 0. The quantitative estimate of drug-likeness (QED) is 0.777. The molecular weight excluding hydrogens is 215 g/mol. The third kappa shape index (κ3) is 2.55. The van der Waals surface area contributed by atoms with E-state index in [0.717, 1.165) is 37.1 Å². The van der Waals surface area contributed by atoms with Gasteiger partial charge in [-0.1, -0.05) is 12.1 Å². The maximum Gasteiger partial charge on any atom is 0.416 e. The molecule has 87 valence electrons. The topological polar surface area (TPSA) is 12.0 Å². The molecule has 1 aromatic rings. The molecule has 16 heavy (non-hydrogen) atoms. The summed E-state index contributed by atoms with van der Waals surface area (Å²) in [6, 6.07) is 5.46. The smallest absolute Gasteiger partial charge is 0.310 e. The van der Waals surface area contributed by atoms with Crippen LogP contribution < -0.4 is 5.32 Å². The Labute approximate surface area is 92.7 Å². The molecule has 2 rings (SSSR count). The molecule has 1 N–H and O–H groups in total. The van der Waals surface area contributed by atoms with Crippen LogP contribution in [0.25, 0.3) is 0 Å². The molecule has 4 heteroatoms. The Morgan fingerprint density at radius 2 is 1.81 bits per heavy atom. The van der Waals surface area contributed by atoms with Gasteiger partial charge in [0.15, 0.2) is 0 Å². The zero-order valence-electron chi connectivity index (χ0n) is 8.72. The van der Waals surface area contributed by atoms with Crippen molar-refractivity contribution in [3.05, 3.63) is 41.8 Å². The van der Waals surface area contributed by atoms with E-state index < -0.39 is 11.7 Å². The minimum absolute atomic E-state index is 0.0935. The first kappa shape index (κ1) is 11.5. The van der Waals surface area contributed by atoms with Crippen LogP contribution in [0.3, 0.4) is 0 Å². The van der Waals surface area contributed by atoms with Gasteiger partial charge in [-0.3, -0.25) is 0 Å². The number of alkyl halides is 3. The number of piperidine rings is 1. The van der Waals surface area contributed by atoms with Crippen LogP contribution in [0.1, 0.15) is 30.0 Å². The fraction of sp³-hybridized carbons (Fsp3) is 0.417. The molecule has 1 radical (unpaired) electrons. The molecule has 1 saturated heterocycles. The van der Waals surface area contributed by atoms with Gasteiger partial charge in [-0.15, -0.1) is 0 Å². The van der Waals surface area contributed by atoms with Crippen molar-refractivity contribution in [1.29, 1.82) is 0 Å². The van der Waals surface area contributed by atoms with E-state index in [1.54, 1.807) is 12.1 Å². The number of halogens is 3. The lowest BCUT2D eigenvalue weighted by Gasteiger charge is -2.23. The summed E-state index contributed by atoms with van der Waals surface area (Å²) in [4.78, 5) is 0. The summed E-state index contributed by atoms with van der Waals surface area (Å²) in [5, 5.41) is 3.26. The zero-order valence-corrected chi connectivity index (χ0v) is 8.72. The van der Waals surface area contributed by atoms with E-state index in [1.165, 1.54) is 0 Å². The number of hydrogen-bond donors (Lipinski definition) is 1. The Morgan fingerprint density at radius 1 is 1.12 bits per heavy atom. The standard InChI is InChI=1S/C12H13F3N/c13-12(14,15)10-6-4-9(5-7-10)11-3-1-2-8-16-11/h3-7,11,16H,1-2,8H2/t11-/m0/s1. The average molecular weight is 228 g/mol. The second-order valence-corrected chi connectivity index (χ2v) is 3.93. The fourth-order valence-corrected chi connectivity index (χ4v) is 1.86. The molecule has 1 aromatic carbocycles. The second kappa shape index (κ2) is 4.45. The van der Waals surface area contributed by atoms with Crippen molar-refractivity contribution in [1.82, 2.24) is 5.32 Å². The highest BCUT2D eigenvalue weighted by Gasteiger charge is 2.30. The van der Waals surface area contributed by atoms with Crippen LogP contribution >= 0.6 is 0 Å². The predicted molar refractivity (Wildman–Crippen MR) is 55.7 cm³/mol. The van der Waals surface area contributed by atoms with E-state index in [0.29, 0.717) is 0 Å². The molecular formula is C12H13F3N. The van der Waals surface area contributed by atoms with Gasteiger partial charge in [0.2, 0.25) is 0 Å². The third-order valence-corrected chi connectivity index (χ3v) is 2.74. The van der Waals surface area contributed by atoms with Gasteiger partial charge < -0.3 is 5.32 Å². The molecule has 0 aliphatic carbocycles. The Hall–Kier alpha value is -1.03. The Morgan fingerprint density at radius 3 is 2.31 bits per heavy atom. The van der Waals surface area contributed by atoms with Crippen molar-refractivity contribution in [2.45, 2.75) is 25.1 Å². The van der Waals surface area contributed by atoms with Crippen LogP contribution in [0.15, 0.2) is 24.3 Å². The first-order valence-corrected chi connectivity index (χ1v) is 5.31. The maximum atomic E-state index is 12.3. The highest BCUT2D eigenvalue weighted by atomic mass is 19.4. The fourth-order valence-electron chi connectivity index (χ4n) is 1.86. The van der Waals surface area contributed by atoms with Gasteiger partial charge in [0.05, 0.1) is 5.56 Å². The summed E-state index contributed by atoms with van der Waals surface area (Å²) in [6.45, 7) is 0.919. The van der Waals surface area contributed by atoms with Crippen molar-refractivity contribution >= 4 is 0 Å². The van der Waals surface area contributed by atoms with Gasteiger partial charge >= 0.3 is 6.18 Å². The predicted octanol–water partition coefficient (Wildman–Crippen LogP) is 3.33. The summed E-state index contributed by atoms with van der Waals surface area (Å²) in [6.07, 6.45) is -0.0375.